The SMILES string of the molecule is CO[C@@H]1[C@@H](n2cc(-c3ccc(F)c(F)c3F)nn2)[C@@H](O)[C@@H](CO)O[C@@H]1CC1=NOC2(CCC(NC(=O)OC(C)(C)C)CC2)C1. The van der Waals surface area contributed by atoms with Crippen molar-refractivity contribution in [3.8, 4) is 11.3 Å². The lowest BCUT2D eigenvalue weighted by Crippen LogP contribution is -2.57. The lowest BCUT2D eigenvalue weighted by atomic mass is 9.78. The number of oxime groups is 1. The van der Waals surface area contributed by atoms with E-state index in [-0.39, 0.29) is 23.7 Å². The summed E-state index contributed by atoms with van der Waals surface area (Å²) in [5.41, 5.74) is -0.772. The molecular weight excluding hydrogens is 587 g/mol. The van der Waals surface area contributed by atoms with Crippen molar-refractivity contribution in [1.82, 2.24) is 20.3 Å². The standard InChI is InChI=1S/C29H38F3N5O7/c1-28(2,3)43-27(40)33-15-7-9-29(10-8-15)12-16(35-44-29)11-20-26(41-4)24(25(39)21(14-38)42-20)37-13-19(34-36-37)17-5-6-18(30)23(32)22(17)31/h5-6,13,15,20-21,24-26,38-39H,7-12,14H2,1-4H3,(H,33,40)/t15?,20-,21-,24+,25+,26+,29?/m1/s1. The van der Waals surface area contributed by atoms with Gasteiger partial charge in [-0.15, -0.1) is 5.10 Å². The number of hydrogen-bond acceptors (Lipinski definition) is 10. The summed E-state index contributed by atoms with van der Waals surface area (Å²) in [6.07, 6.45) is 0.529. The minimum absolute atomic E-state index is 0.0392. The molecule has 1 saturated carbocycles. The van der Waals surface area contributed by atoms with Gasteiger partial charge < -0.3 is 34.6 Å². The number of aliphatic hydroxyl groups excluding tert-OH is 2. The van der Waals surface area contributed by atoms with E-state index >= 15 is 0 Å². The Morgan fingerprint density at radius 3 is 2.57 bits per heavy atom. The Balaban J connectivity index is 1.26. The van der Waals surface area contributed by atoms with Crippen molar-refractivity contribution in [2.45, 2.75) is 107 Å². The van der Waals surface area contributed by atoms with Gasteiger partial charge in [0.15, 0.2) is 17.5 Å². The van der Waals surface area contributed by atoms with Gasteiger partial charge in [0.25, 0.3) is 0 Å². The van der Waals surface area contributed by atoms with Crippen molar-refractivity contribution < 1.29 is 47.2 Å². The molecule has 2 fully saturated rings. The van der Waals surface area contributed by atoms with E-state index in [0.717, 1.165) is 12.1 Å². The van der Waals surface area contributed by atoms with Crippen LogP contribution in [0.25, 0.3) is 11.3 Å². The number of ether oxygens (including phenoxy) is 3. The number of aromatic nitrogens is 3. The number of aliphatic hydroxyl groups is 2. The summed E-state index contributed by atoms with van der Waals surface area (Å²) in [5.74, 6) is -4.39. The quantitative estimate of drug-likeness (QED) is 0.394. The van der Waals surface area contributed by atoms with Crippen LogP contribution in [0.15, 0.2) is 23.5 Å². The minimum Gasteiger partial charge on any atom is -0.444 e. The third kappa shape index (κ3) is 6.70. The third-order valence-corrected chi connectivity index (χ3v) is 8.31. The lowest BCUT2D eigenvalue weighted by molar-refractivity contribution is -0.210. The van der Waals surface area contributed by atoms with Crippen molar-refractivity contribution >= 4 is 11.8 Å². The summed E-state index contributed by atoms with van der Waals surface area (Å²) in [5, 5.41) is 36.3. The van der Waals surface area contributed by atoms with Gasteiger partial charge in [0, 0.05) is 31.6 Å². The van der Waals surface area contributed by atoms with Crippen LogP contribution >= 0.6 is 0 Å². The molecule has 3 aliphatic rings. The van der Waals surface area contributed by atoms with E-state index in [1.54, 1.807) is 0 Å². The number of methoxy groups -OCH3 is 1. The first-order valence-electron chi connectivity index (χ1n) is 14.6. The van der Waals surface area contributed by atoms with E-state index in [9.17, 15) is 28.2 Å². The van der Waals surface area contributed by atoms with Gasteiger partial charge in [-0.1, -0.05) is 10.4 Å². The topological polar surface area (TPSA) is 150 Å². The zero-order valence-electron chi connectivity index (χ0n) is 25.0. The van der Waals surface area contributed by atoms with Crippen LogP contribution in [0, 0.1) is 17.5 Å². The summed E-state index contributed by atoms with van der Waals surface area (Å²) in [6, 6.07) is 0.858. The molecule has 0 bridgehead atoms. The van der Waals surface area contributed by atoms with Gasteiger partial charge in [0.1, 0.15) is 41.2 Å². The second-order valence-electron chi connectivity index (χ2n) is 12.6. The van der Waals surface area contributed by atoms with Crippen LogP contribution < -0.4 is 5.32 Å². The number of hydrogen-bond donors (Lipinski definition) is 3. The van der Waals surface area contributed by atoms with E-state index in [0.29, 0.717) is 37.8 Å². The van der Waals surface area contributed by atoms with Crippen molar-refractivity contribution in [3.05, 3.63) is 35.8 Å². The van der Waals surface area contributed by atoms with Crippen molar-refractivity contribution in [3.63, 3.8) is 0 Å². The molecule has 2 aromatic rings. The second kappa shape index (κ2) is 12.6. The van der Waals surface area contributed by atoms with Crippen LogP contribution in [0.5, 0.6) is 0 Å². The number of nitrogens with zero attached hydrogens (tertiary/aromatic N) is 4. The fraction of sp³-hybridized carbons (Fsp3) is 0.655. The largest absolute Gasteiger partial charge is 0.444 e. The molecule has 44 heavy (non-hydrogen) atoms. The van der Waals surface area contributed by atoms with Crippen LogP contribution in [0.4, 0.5) is 18.0 Å². The number of amides is 1. The lowest BCUT2D eigenvalue weighted by Gasteiger charge is -2.43. The molecule has 1 aromatic carbocycles. The molecular formula is C29H38F3N5O7. The van der Waals surface area contributed by atoms with Crippen LogP contribution in [0.1, 0.15) is 65.3 Å². The summed E-state index contributed by atoms with van der Waals surface area (Å²) in [6.45, 7) is 4.92. The summed E-state index contributed by atoms with van der Waals surface area (Å²) >= 11 is 0. The maximum absolute atomic E-state index is 14.4. The molecule has 0 unspecified atom stereocenters. The first-order chi connectivity index (χ1) is 20.8. The molecule has 5 atom stereocenters. The van der Waals surface area contributed by atoms with Crippen LogP contribution in [-0.2, 0) is 19.0 Å². The van der Waals surface area contributed by atoms with Crippen LogP contribution in [0.3, 0.4) is 0 Å². The molecule has 0 radical (unpaired) electrons. The Labute approximate surface area is 252 Å². The predicted octanol–water partition coefficient (Wildman–Crippen LogP) is 3.41. The fourth-order valence-corrected chi connectivity index (χ4v) is 6.17. The van der Waals surface area contributed by atoms with Gasteiger partial charge in [-0.05, 0) is 58.6 Å². The Morgan fingerprint density at radius 1 is 1.18 bits per heavy atom. The van der Waals surface area contributed by atoms with E-state index in [1.807, 2.05) is 20.8 Å². The highest BCUT2D eigenvalue weighted by Crippen LogP contribution is 2.41. The van der Waals surface area contributed by atoms with Gasteiger partial charge in [-0.25, -0.2) is 22.6 Å². The minimum atomic E-state index is -1.64. The van der Waals surface area contributed by atoms with Gasteiger partial charge in [0.2, 0.25) is 0 Å². The molecule has 3 N–H and O–H groups in total. The average Bonchev–Trinajstić information content (AvgIpc) is 3.60. The maximum atomic E-state index is 14.4. The Kier molecular flexibility index (Phi) is 9.21. The molecule has 2 aliphatic heterocycles. The number of nitrogens with one attached hydrogen (secondary N) is 1. The highest BCUT2D eigenvalue weighted by Gasteiger charge is 2.49. The zero-order valence-corrected chi connectivity index (χ0v) is 25.0. The summed E-state index contributed by atoms with van der Waals surface area (Å²) in [4.78, 5) is 18.1. The maximum Gasteiger partial charge on any atom is 0.407 e. The molecule has 1 aromatic heterocycles. The molecule has 1 amide bonds. The van der Waals surface area contributed by atoms with E-state index in [1.165, 1.54) is 18.0 Å². The van der Waals surface area contributed by atoms with E-state index in [4.69, 9.17) is 19.0 Å². The first-order valence-corrected chi connectivity index (χ1v) is 14.6. The number of halogens is 3. The van der Waals surface area contributed by atoms with Crippen molar-refractivity contribution in [1.29, 1.82) is 0 Å². The van der Waals surface area contributed by atoms with Gasteiger partial charge in [-0.3, -0.25) is 0 Å². The van der Waals surface area contributed by atoms with Crippen molar-refractivity contribution in [2.24, 2.45) is 5.16 Å². The zero-order chi connectivity index (χ0) is 31.8. The molecule has 1 aliphatic carbocycles. The molecule has 242 valence electrons. The van der Waals surface area contributed by atoms with Crippen molar-refractivity contribution in [2.75, 3.05) is 13.7 Å². The predicted molar refractivity (Wildman–Crippen MR) is 149 cm³/mol. The van der Waals surface area contributed by atoms with Crippen LogP contribution in [-0.4, -0.2) is 92.4 Å². The van der Waals surface area contributed by atoms with E-state index < -0.39 is 71.8 Å². The molecule has 3 heterocycles. The highest BCUT2D eigenvalue weighted by atomic mass is 19.2. The number of carbonyl (C=O) groups excluding carboxylic acids is 1. The van der Waals surface area contributed by atoms with E-state index in [2.05, 4.69) is 20.8 Å². The molecule has 1 spiro atoms. The average molecular weight is 626 g/mol. The highest BCUT2D eigenvalue weighted by molar-refractivity contribution is 5.86. The van der Waals surface area contributed by atoms with Gasteiger partial charge >= 0.3 is 6.09 Å². The normalized spacial score (nSPS) is 30.6. The van der Waals surface area contributed by atoms with Crippen LogP contribution in [0.2, 0.25) is 0 Å². The second-order valence-corrected chi connectivity index (χ2v) is 12.6. The number of rotatable bonds is 7. The number of alkyl carbamates (subject to hydrolysis) is 1. The Bertz CT molecular complexity index is 1380. The number of benzene rings is 1. The summed E-state index contributed by atoms with van der Waals surface area (Å²) < 4.78 is 60.2. The Morgan fingerprint density at radius 2 is 1.91 bits per heavy atom. The smallest absolute Gasteiger partial charge is 0.407 e. The number of carbonyl (C=O) groups is 1. The monoisotopic (exact) mass is 625 g/mol. The molecule has 1 saturated heterocycles. The molecule has 5 rings (SSSR count). The fourth-order valence-electron chi connectivity index (χ4n) is 6.17. The van der Waals surface area contributed by atoms with Gasteiger partial charge in [0.05, 0.1) is 24.6 Å². The Hall–Kier alpha value is -3.27. The molecule has 12 nitrogen and oxygen atoms in total. The third-order valence-electron chi connectivity index (χ3n) is 8.31. The molecule has 15 heteroatoms. The first kappa shape index (κ1) is 32.1. The van der Waals surface area contributed by atoms with Gasteiger partial charge in [-0.2, -0.15) is 0 Å². The summed E-state index contributed by atoms with van der Waals surface area (Å²) in [7, 11) is 1.43.